The van der Waals surface area contributed by atoms with Crippen molar-refractivity contribution >= 4 is 5.96 Å². The fourth-order valence-electron chi connectivity index (χ4n) is 2.84. The van der Waals surface area contributed by atoms with Crippen molar-refractivity contribution in [3.8, 4) is 0 Å². The molecule has 0 aromatic carbocycles. The van der Waals surface area contributed by atoms with Crippen LogP contribution in [0.3, 0.4) is 0 Å². The largest absolute Gasteiger partial charge is 0.357 e. The highest BCUT2D eigenvalue weighted by Gasteiger charge is 2.21. The lowest BCUT2D eigenvalue weighted by atomic mass is 10.0. The molecule has 1 aliphatic rings. The number of aliphatic imine (C=N–C) groups is 1. The molecule has 1 heterocycles. The second-order valence-electron chi connectivity index (χ2n) is 6.45. The SMILES string of the molecule is CCNC(=NCC(CC)CC)NC1CCN(C(C)C)CC1. The molecule has 1 aliphatic heterocycles. The molecule has 0 bridgehead atoms. The van der Waals surface area contributed by atoms with E-state index in [9.17, 15) is 0 Å². The molecule has 1 saturated heterocycles. The third kappa shape index (κ3) is 6.68. The van der Waals surface area contributed by atoms with E-state index in [1.807, 2.05) is 0 Å². The normalized spacial score (nSPS) is 18.5. The molecule has 1 rings (SSSR count). The minimum Gasteiger partial charge on any atom is -0.357 e. The van der Waals surface area contributed by atoms with Gasteiger partial charge in [-0.05, 0) is 39.5 Å². The van der Waals surface area contributed by atoms with E-state index in [0.717, 1.165) is 19.0 Å². The van der Waals surface area contributed by atoms with Crippen molar-refractivity contribution in [2.24, 2.45) is 10.9 Å². The standard InChI is InChI=1S/C17H36N4/c1-6-15(7-2)13-19-17(18-8-3)20-16-9-11-21(12-10-16)14(4)5/h14-16H,6-13H2,1-5H3,(H2,18,19,20). The molecule has 0 atom stereocenters. The third-order valence-corrected chi connectivity index (χ3v) is 4.61. The number of rotatable bonds is 7. The van der Waals surface area contributed by atoms with E-state index in [-0.39, 0.29) is 0 Å². The van der Waals surface area contributed by atoms with Crippen LogP contribution in [-0.2, 0) is 0 Å². The zero-order valence-electron chi connectivity index (χ0n) is 14.8. The highest BCUT2D eigenvalue weighted by Crippen LogP contribution is 2.13. The monoisotopic (exact) mass is 296 g/mol. The summed E-state index contributed by atoms with van der Waals surface area (Å²) in [6.45, 7) is 15.5. The zero-order chi connectivity index (χ0) is 15.7. The maximum absolute atomic E-state index is 4.78. The van der Waals surface area contributed by atoms with Crippen LogP contribution in [-0.4, -0.2) is 49.1 Å². The summed E-state index contributed by atoms with van der Waals surface area (Å²) < 4.78 is 0. The van der Waals surface area contributed by atoms with Gasteiger partial charge >= 0.3 is 0 Å². The minimum absolute atomic E-state index is 0.569. The van der Waals surface area contributed by atoms with Crippen LogP contribution >= 0.6 is 0 Å². The predicted molar refractivity (Wildman–Crippen MR) is 92.9 cm³/mol. The van der Waals surface area contributed by atoms with Crippen molar-refractivity contribution < 1.29 is 0 Å². The van der Waals surface area contributed by atoms with Gasteiger partial charge in [0.2, 0.25) is 0 Å². The van der Waals surface area contributed by atoms with Gasteiger partial charge in [-0.15, -0.1) is 0 Å². The molecule has 0 aromatic rings. The highest BCUT2D eigenvalue weighted by molar-refractivity contribution is 5.80. The molecule has 1 fully saturated rings. The van der Waals surface area contributed by atoms with Crippen molar-refractivity contribution in [1.82, 2.24) is 15.5 Å². The van der Waals surface area contributed by atoms with E-state index in [1.165, 1.54) is 38.8 Å². The first-order chi connectivity index (χ1) is 10.1. The Morgan fingerprint density at radius 3 is 2.24 bits per heavy atom. The summed E-state index contributed by atoms with van der Waals surface area (Å²) in [6.07, 6.45) is 4.86. The first-order valence-corrected chi connectivity index (χ1v) is 8.89. The smallest absolute Gasteiger partial charge is 0.191 e. The zero-order valence-corrected chi connectivity index (χ0v) is 14.8. The molecular weight excluding hydrogens is 260 g/mol. The van der Waals surface area contributed by atoms with E-state index < -0.39 is 0 Å². The van der Waals surface area contributed by atoms with Crippen LogP contribution in [0.1, 0.15) is 60.3 Å². The second kappa shape index (κ2) is 10.0. The quantitative estimate of drug-likeness (QED) is 0.560. The van der Waals surface area contributed by atoms with E-state index in [4.69, 9.17) is 4.99 Å². The summed E-state index contributed by atoms with van der Waals surface area (Å²) >= 11 is 0. The van der Waals surface area contributed by atoms with Crippen LogP contribution in [0.25, 0.3) is 0 Å². The summed E-state index contributed by atoms with van der Waals surface area (Å²) in [5, 5.41) is 7.02. The number of likely N-dealkylation sites (tertiary alicyclic amines) is 1. The molecule has 4 heteroatoms. The summed E-state index contributed by atoms with van der Waals surface area (Å²) in [4.78, 5) is 7.35. The molecular formula is C17H36N4. The molecule has 4 nitrogen and oxygen atoms in total. The topological polar surface area (TPSA) is 39.7 Å². The predicted octanol–water partition coefficient (Wildman–Crippen LogP) is 2.85. The number of piperidine rings is 1. The van der Waals surface area contributed by atoms with Crippen molar-refractivity contribution in [1.29, 1.82) is 0 Å². The van der Waals surface area contributed by atoms with Gasteiger partial charge in [-0.25, -0.2) is 0 Å². The molecule has 124 valence electrons. The van der Waals surface area contributed by atoms with Gasteiger partial charge in [0.25, 0.3) is 0 Å². The Morgan fingerprint density at radius 2 is 1.76 bits per heavy atom. The van der Waals surface area contributed by atoms with Crippen LogP contribution in [0.4, 0.5) is 0 Å². The number of guanidine groups is 1. The molecule has 0 aliphatic carbocycles. The lowest BCUT2D eigenvalue weighted by Crippen LogP contribution is -2.50. The molecule has 2 N–H and O–H groups in total. The van der Waals surface area contributed by atoms with Crippen molar-refractivity contribution in [3.63, 3.8) is 0 Å². The summed E-state index contributed by atoms with van der Waals surface area (Å²) in [6, 6.07) is 1.24. The highest BCUT2D eigenvalue weighted by atomic mass is 15.2. The van der Waals surface area contributed by atoms with E-state index in [1.54, 1.807) is 0 Å². The molecule has 21 heavy (non-hydrogen) atoms. The summed E-state index contributed by atoms with van der Waals surface area (Å²) in [5.74, 6) is 1.72. The van der Waals surface area contributed by atoms with Gasteiger partial charge in [-0.2, -0.15) is 0 Å². The van der Waals surface area contributed by atoms with Crippen LogP contribution in [0.15, 0.2) is 4.99 Å². The van der Waals surface area contributed by atoms with Crippen LogP contribution in [0.5, 0.6) is 0 Å². The number of hydrogen-bond acceptors (Lipinski definition) is 2. The average Bonchev–Trinajstić information content (AvgIpc) is 2.49. The molecule has 0 aromatic heterocycles. The first-order valence-electron chi connectivity index (χ1n) is 8.89. The fraction of sp³-hybridized carbons (Fsp3) is 0.941. The minimum atomic E-state index is 0.569. The van der Waals surface area contributed by atoms with Gasteiger partial charge in [0, 0.05) is 38.3 Å². The average molecular weight is 297 g/mol. The Bertz CT molecular complexity index is 289. The summed E-state index contributed by atoms with van der Waals surface area (Å²) in [7, 11) is 0. The van der Waals surface area contributed by atoms with Crippen LogP contribution in [0.2, 0.25) is 0 Å². The van der Waals surface area contributed by atoms with Gasteiger partial charge in [-0.1, -0.05) is 26.7 Å². The maximum Gasteiger partial charge on any atom is 0.191 e. The lowest BCUT2D eigenvalue weighted by molar-refractivity contribution is 0.167. The van der Waals surface area contributed by atoms with Crippen LogP contribution < -0.4 is 10.6 Å². The van der Waals surface area contributed by atoms with Crippen molar-refractivity contribution in [2.45, 2.75) is 72.4 Å². The Hall–Kier alpha value is -0.770. The first kappa shape index (κ1) is 18.3. The maximum atomic E-state index is 4.78. The van der Waals surface area contributed by atoms with E-state index in [0.29, 0.717) is 18.0 Å². The van der Waals surface area contributed by atoms with E-state index >= 15 is 0 Å². The van der Waals surface area contributed by atoms with Crippen LogP contribution in [0, 0.1) is 5.92 Å². The van der Waals surface area contributed by atoms with Gasteiger partial charge < -0.3 is 15.5 Å². The second-order valence-corrected chi connectivity index (χ2v) is 6.45. The van der Waals surface area contributed by atoms with Gasteiger partial charge in [0.15, 0.2) is 5.96 Å². The van der Waals surface area contributed by atoms with Gasteiger partial charge in [-0.3, -0.25) is 4.99 Å². The Kier molecular flexibility index (Phi) is 8.74. The van der Waals surface area contributed by atoms with Crippen molar-refractivity contribution in [2.75, 3.05) is 26.2 Å². The molecule has 0 unspecified atom stereocenters. The Labute approximate surface area is 131 Å². The molecule has 0 spiro atoms. The Morgan fingerprint density at radius 1 is 1.14 bits per heavy atom. The number of nitrogens with zero attached hydrogens (tertiary/aromatic N) is 2. The van der Waals surface area contributed by atoms with Gasteiger partial charge in [0.1, 0.15) is 0 Å². The number of hydrogen-bond donors (Lipinski definition) is 2. The fourth-order valence-corrected chi connectivity index (χ4v) is 2.84. The van der Waals surface area contributed by atoms with E-state index in [2.05, 4.69) is 50.2 Å². The molecule has 0 radical (unpaired) electrons. The van der Waals surface area contributed by atoms with Crippen molar-refractivity contribution in [3.05, 3.63) is 0 Å². The molecule has 0 amide bonds. The molecule has 0 saturated carbocycles. The number of nitrogens with one attached hydrogen (secondary N) is 2. The Balaban J connectivity index is 2.45. The summed E-state index contributed by atoms with van der Waals surface area (Å²) in [5.41, 5.74) is 0. The lowest BCUT2D eigenvalue weighted by Gasteiger charge is -2.35. The third-order valence-electron chi connectivity index (χ3n) is 4.61. The van der Waals surface area contributed by atoms with Gasteiger partial charge in [0.05, 0.1) is 0 Å².